The lowest BCUT2D eigenvalue weighted by molar-refractivity contribution is -0.141. The summed E-state index contributed by atoms with van der Waals surface area (Å²) >= 11 is 0. The summed E-state index contributed by atoms with van der Waals surface area (Å²) in [5.74, 6) is 1.62. The van der Waals surface area contributed by atoms with Gasteiger partial charge in [-0.15, -0.1) is 0 Å². The zero-order chi connectivity index (χ0) is 13.1. The molecule has 0 spiro atoms. The van der Waals surface area contributed by atoms with Gasteiger partial charge < -0.3 is 10.6 Å². The number of nitrogens with two attached hydrogens (primary N) is 1. The number of nitrogens with zero attached hydrogens (tertiary/aromatic N) is 1. The maximum absolute atomic E-state index is 12.6. The summed E-state index contributed by atoms with van der Waals surface area (Å²) in [6.07, 6.45) is 2.85. The maximum Gasteiger partial charge on any atom is 0.230 e. The Kier molecular flexibility index (Phi) is 4.99. The van der Waals surface area contributed by atoms with Crippen molar-refractivity contribution in [1.82, 2.24) is 4.90 Å². The van der Waals surface area contributed by atoms with Crippen molar-refractivity contribution >= 4 is 5.91 Å². The van der Waals surface area contributed by atoms with Crippen LogP contribution in [0.1, 0.15) is 47.0 Å². The highest BCUT2D eigenvalue weighted by Crippen LogP contribution is 2.32. The van der Waals surface area contributed by atoms with Crippen LogP contribution in [0.25, 0.3) is 0 Å². The van der Waals surface area contributed by atoms with E-state index in [1.807, 2.05) is 4.90 Å². The Hall–Kier alpha value is -0.570. The number of carbonyl (C=O) groups excluding carboxylic acids is 1. The van der Waals surface area contributed by atoms with Crippen molar-refractivity contribution in [3.63, 3.8) is 0 Å². The molecule has 1 atom stereocenters. The van der Waals surface area contributed by atoms with Gasteiger partial charge in [0.2, 0.25) is 5.91 Å². The zero-order valence-corrected chi connectivity index (χ0v) is 11.8. The minimum atomic E-state index is -0.314. The van der Waals surface area contributed by atoms with Crippen LogP contribution in [0, 0.1) is 17.3 Å². The summed E-state index contributed by atoms with van der Waals surface area (Å²) in [6.45, 7) is 11.0. The number of likely N-dealkylation sites (tertiary alicyclic amines) is 1. The van der Waals surface area contributed by atoms with E-state index >= 15 is 0 Å². The van der Waals surface area contributed by atoms with Crippen molar-refractivity contribution in [1.29, 1.82) is 0 Å². The SMILES string of the molecule is CCC(CC)(CN)C(=O)N1CCC(C(C)C)C1. The number of rotatable bonds is 5. The zero-order valence-electron chi connectivity index (χ0n) is 11.8. The molecule has 0 bridgehead atoms. The molecule has 1 aliphatic heterocycles. The fourth-order valence-corrected chi connectivity index (χ4v) is 2.78. The van der Waals surface area contributed by atoms with Crippen LogP contribution in [0.15, 0.2) is 0 Å². The van der Waals surface area contributed by atoms with Crippen LogP contribution in [0.4, 0.5) is 0 Å². The second-order valence-electron chi connectivity index (χ2n) is 5.74. The predicted molar refractivity (Wildman–Crippen MR) is 71.6 cm³/mol. The standard InChI is InChI=1S/C14H28N2O/c1-5-14(6-2,10-15)13(17)16-8-7-12(9-16)11(3)4/h11-12H,5-10,15H2,1-4H3. The van der Waals surface area contributed by atoms with Gasteiger partial charge in [0.1, 0.15) is 0 Å². The van der Waals surface area contributed by atoms with E-state index in [0.29, 0.717) is 18.4 Å². The summed E-state index contributed by atoms with van der Waals surface area (Å²) in [6, 6.07) is 0. The summed E-state index contributed by atoms with van der Waals surface area (Å²) in [7, 11) is 0. The number of amides is 1. The van der Waals surface area contributed by atoms with Crippen LogP contribution in [0.5, 0.6) is 0 Å². The first kappa shape index (κ1) is 14.5. The maximum atomic E-state index is 12.6. The molecule has 1 fully saturated rings. The normalized spacial score (nSPS) is 21.3. The van der Waals surface area contributed by atoms with Gasteiger partial charge in [0.05, 0.1) is 5.41 Å². The third-order valence-electron chi connectivity index (χ3n) is 4.65. The van der Waals surface area contributed by atoms with Gasteiger partial charge in [0.15, 0.2) is 0 Å². The third-order valence-corrected chi connectivity index (χ3v) is 4.65. The van der Waals surface area contributed by atoms with E-state index < -0.39 is 0 Å². The Morgan fingerprint density at radius 1 is 1.41 bits per heavy atom. The van der Waals surface area contributed by atoms with E-state index in [1.54, 1.807) is 0 Å². The molecule has 2 N–H and O–H groups in total. The third kappa shape index (κ3) is 2.82. The van der Waals surface area contributed by atoms with Crippen LogP contribution in [-0.4, -0.2) is 30.4 Å². The Bertz CT molecular complexity index is 251. The summed E-state index contributed by atoms with van der Waals surface area (Å²) in [5.41, 5.74) is 5.53. The van der Waals surface area contributed by atoms with E-state index in [1.165, 1.54) is 0 Å². The molecule has 1 heterocycles. The van der Waals surface area contributed by atoms with Crippen LogP contribution in [0.2, 0.25) is 0 Å². The van der Waals surface area contributed by atoms with E-state index in [4.69, 9.17) is 5.73 Å². The van der Waals surface area contributed by atoms with Crippen molar-refractivity contribution in [2.24, 2.45) is 23.0 Å². The minimum absolute atomic E-state index is 0.285. The highest BCUT2D eigenvalue weighted by molar-refractivity contribution is 5.83. The molecular weight excluding hydrogens is 212 g/mol. The number of hydrogen-bond acceptors (Lipinski definition) is 2. The lowest BCUT2D eigenvalue weighted by Crippen LogP contribution is -2.46. The Balaban J connectivity index is 2.71. The van der Waals surface area contributed by atoms with Gasteiger partial charge in [0, 0.05) is 19.6 Å². The minimum Gasteiger partial charge on any atom is -0.342 e. The summed E-state index contributed by atoms with van der Waals surface area (Å²) < 4.78 is 0. The highest BCUT2D eigenvalue weighted by atomic mass is 16.2. The van der Waals surface area contributed by atoms with E-state index in [2.05, 4.69) is 27.7 Å². The molecule has 1 rings (SSSR count). The molecule has 0 radical (unpaired) electrons. The molecule has 3 heteroatoms. The molecule has 1 aliphatic rings. The van der Waals surface area contributed by atoms with E-state index in [-0.39, 0.29) is 11.3 Å². The smallest absolute Gasteiger partial charge is 0.230 e. The van der Waals surface area contributed by atoms with Gasteiger partial charge in [0.25, 0.3) is 0 Å². The summed E-state index contributed by atoms with van der Waals surface area (Å²) in [5, 5.41) is 0. The predicted octanol–water partition coefficient (Wildman–Crippen LogP) is 2.26. The molecule has 0 aliphatic carbocycles. The quantitative estimate of drug-likeness (QED) is 0.801. The van der Waals surface area contributed by atoms with Crippen molar-refractivity contribution in [3.05, 3.63) is 0 Å². The second kappa shape index (κ2) is 5.85. The van der Waals surface area contributed by atoms with Gasteiger partial charge in [-0.2, -0.15) is 0 Å². The molecular formula is C14H28N2O. The first-order chi connectivity index (χ1) is 8.00. The van der Waals surface area contributed by atoms with E-state index in [0.717, 1.165) is 32.4 Å². The fourth-order valence-electron chi connectivity index (χ4n) is 2.78. The van der Waals surface area contributed by atoms with Gasteiger partial charge in [-0.05, 0) is 31.1 Å². The molecule has 1 unspecified atom stereocenters. The van der Waals surface area contributed by atoms with E-state index in [9.17, 15) is 4.79 Å². The lowest BCUT2D eigenvalue weighted by Gasteiger charge is -2.33. The Morgan fingerprint density at radius 2 is 2.00 bits per heavy atom. The summed E-state index contributed by atoms with van der Waals surface area (Å²) in [4.78, 5) is 14.6. The van der Waals surface area contributed by atoms with Gasteiger partial charge >= 0.3 is 0 Å². The molecule has 1 amide bonds. The average Bonchev–Trinajstić information content (AvgIpc) is 2.81. The molecule has 0 aromatic rings. The molecule has 0 aromatic heterocycles. The Morgan fingerprint density at radius 3 is 2.35 bits per heavy atom. The van der Waals surface area contributed by atoms with Crippen molar-refractivity contribution < 1.29 is 4.79 Å². The highest BCUT2D eigenvalue weighted by Gasteiger charge is 2.39. The topological polar surface area (TPSA) is 46.3 Å². The lowest BCUT2D eigenvalue weighted by atomic mass is 9.81. The molecule has 3 nitrogen and oxygen atoms in total. The van der Waals surface area contributed by atoms with Gasteiger partial charge in [-0.3, -0.25) is 4.79 Å². The van der Waals surface area contributed by atoms with Crippen LogP contribution in [0.3, 0.4) is 0 Å². The van der Waals surface area contributed by atoms with Crippen molar-refractivity contribution in [2.75, 3.05) is 19.6 Å². The number of carbonyl (C=O) groups is 1. The van der Waals surface area contributed by atoms with Gasteiger partial charge in [-0.1, -0.05) is 27.7 Å². The molecule has 17 heavy (non-hydrogen) atoms. The van der Waals surface area contributed by atoms with Crippen LogP contribution < -0.4 is 5.73 Å². The first-order valence-electron chi connectivity index (χ1n) is 7.00. The molecule has 0 aromatic carbocycles. The van der Waals surface area contributed by atoms with Gasteiger partial charge in [-0.25, -0.2) is 0 Å². The fraction of sp³-hybridized carbons (Fsp3) is 0.929. The van der Waals surface area contributed by atoms with Crippen LogP contribution in [-0.2, 0) is 4.79 Å². The monoisotopic (exact) mass is 240 g/mol. The van der Waals surface area contributed by atoms with Crippen LogP contribution >= 0.6 is 0 Å². The molecule has 1 saturated heterocycles. The second-order valence-corrected chi connectivity index (χ2v) is 5.74. The largest absolute Gasteiger partial charge is 0.342 e. The Labute approximate surface area is 106 Å². The average molecular weight is 240 g/mol. The van der Waals surface area contributed by atoms with Crippen molar-refractivity contribution in [2.45, 2.75) is 47.0 Å². The molecule has 100 valence electrons. The molecule has 0 saturated carbocycles. The number of hydrogen-bond donors (Lipinski definition) is 1. The first-order valence-corrected chi connectivity index (χ1v) is 7.00. The van der Waals surface area contributed by atoms with Crippen molar-refractivity contribution in [3.8, 4) is 0 Å².